The summed E-state index contributed by atoms with van der Waals surface area (Å²) in [6.45, 7) is 3.87. The predicted octanol–water partition coefficient (Wildman–Crippen LogP) is 3.59. The fourth-order valence-electron chi connectivity index (χ4n) is 1.41. The van der Waals surface area contributed by atoms with E-state index in [-0.39, 0.29) is 17.1 Å². The molecule has 0 bridgehead atoms. The van der Waals surface area contributed by atoms with Crippen molar-refractivity contribution in [1.29, 1.82) is 0 Å². The maximum Gasteiger partial charge on any atom is 0.222 e. The molecule has 0 spiro atoms. The maximum absolute atomic E-state index is 10.9. The molecule has 0 saturated carbocycles. The number of hydrogen-bond donors (Lipinski definition) is 0. The third-order valence-corrected chi connectivity index (χ3v) is 3.15. The first-order valence-electron chi connectivity index (χ1n) is 4.72. The molecule has 0 aliphatic carbocycles. The third kappa shape index (κ3) is 3.40. The number of carbonyl (C=O) groups excluding carboxylic acids is 1. The summed E-state index contributed by atoms with van der Waals surface area (Å²) in [5, 5.41) is -0.349. The Hall–Kier alpha value is -0.730. The van der Waals surface area contributed by atoms with Crippen molar-refractivity contribution in [3.05, 3.63) is 35.9 Å². The van der Waals surface area contributed by atoms with Crippen LogP contribution in [-0.2, 0) is 4.79 Å². The minimum absolute atomic E-state index is 0.266. The SMILES string of the molecule is CC(C)(CC(=O)Cl)C(=S)c1ccccc1. The molecule has 0 aliphatic heterocycles. The maximum atomic E-state index is 10.9. The zero-order chi connectivity index (χ0) is 11.5. The summed E-state index contributed by atoms with van der Waals surface area (Å²) in [6.07, 6.45) is 0.266. The number of benzene rings is 1. The first-order valence-corrected chi connectivity index (χ1v) is 5.50. The minimum atomic E-state index is -0.366. The van der Waals surface area contributed by atoms with Crippen LogP contribution in [0.15, 0.2) is 30.3 Å². The van der Waals surface area contributed by atoms with Crippen LogP contribution in [0.5, 0.6) is 0 Å². The normalized spacial score (nSPS) is 11.1. The summed E-state index contributed by atoms with van der Waals surface area (Å²) in [5.41, 5.74) is 0.616. The van der Waals surface area contributed by atoms with Gasteiger partial charge in [-0.25, -0.2) is 0 Å². The molecule has 3 heteroatoms. The zero-order valence-corrected chi connectivity index (χ0v) is 10.4. The van der Waals surface area contributed by atoms with E-state index in [0.29, 0.717) is 0 Å². The lowest BCUT2D eigenvalue weighted by Gasteiger charge is -2.24. The molecule has 0 aliphatic rings. The van der Waals surface area contributed by atoms with Crippen molar-refractivity contribution in [2.24, 2.45) is 5.41 Å². The van der Waals surface area contributed by atoms with E-state index in [0.717, 1.165) is 10.4 Å². The number of rotatable bonds is 4. The van der Waals surface area contributed by atoms with Crippen LogP contribution in [0.1, 0.15) is 25.8 Å². The van der Waals surface area contributed by atoms with Crippen LogP contribution in [0.25, 0.3) is 0 Å². The van der Waals surface area contributed by atoms with Crippen molar-refractivity contribution in [2.75, 3.05) is 0 Å². The fourth-order valence-corrected chi connectivity index (χ4v) is 1.95. The lowest BCUT2D eigenvalue weighted by atomic mass is 9.83. The summed E-state index contributed by atoms with van der Waals surface area (Å²) in [5.74, 6) is 0. The second kappa shape index (κ2) is 4.86. The summed E-state index contributed by atoms with van der Waals surface area (Å²) in [7, 11) is 0. The Morgan fingerprint density at radius 3 is 2.33 bits per heavy atom. The van der Waals surface area contributed by atoms with Gasteiger partial charge in [0.1, 0.15) is 0 Å². The van der Waals surface area contributed by atoms with Gasteiger partial charge < -0.3 is 0 Å². The van der Waals surface area contributed by atoms with Crippen molar-refractivity contribution in [3.63, 3.8) is 0 Å². The number of halogens is 1. The van der Waals surface area contributed by atoms with Gasteiger partial charge >= 0.3 is 0 Å². The van der Waals surface area contributed by atoms with E-state index >= 15 is 0 Å². The van der Waals surface area contributed by atoms with Crippen LogP contribution in [0.4, 0.5) is 0 Å². The van der Waals surface area contributed by atoms with Crippen LogP contribution in [0.2, 0.25) is 0 Å². The highest BCUT2D eigenvalue weighted by Crippen LogP contribution is 2.27. The Kier molecular flexibility index (Phi) is 4.00. The summed E-state index contributed by atoms with van der Waals surface area (Å²) in [4.78, 5) is 11.7. The number of thiocarbonyl (C=S) groups is 1. The summed E-state index contributed by atoms with van der Waals surface area (Å²) >= 11 is 10.8. The fraction of sp³-hybridized carbons (Fsp3) is 0.333. The van der Waals surface area contributed by atoms with Gasteiger partial charge in [0.25, 0.3) is 0 Å². The van der Waals surface area contributed by atoms with Gasteiger partial charge in [-0.3, -0.25) is 4.79 Å². The Morgan fingerprint density at radius 1 is 1.33 bits per heavy atom. The molecule has 0 aromatic heterocycles. The standard InChI is InChI=1S/C12H13ClOS/c1-12(2,8-10(13)14)11(15)9-6-4-3-5-7-9/h3-7H,8H2,1-2H3. The van der Waals surface area contributed by atoms with Gasteiger partial charge in [0.2, 0.25) is 5.24 Å². The first-order chi connectivity index (χ1) is 6.93. The van der Waals surface area contributed by atoms with E-state index in [1.54, 1.807) is 0 Å². The highest BCUT2D eigenvalue weighted by molar-refractivity contribution is 7.81. The summed E-state index contributed by atoms with van der Waals surface area (Å²) < 4.78 is 0. The molecule has 0 saturated heterocycles. The monoisotopic (exact) mass is 240 g/mol. The third-order valence-electron chi connectivity index (χ3n) is 2.23. The van der Waals surface area contributed by atoms with Crippen molar-refractivity contribution in [1.82, 2.24) is 0 Å². The van der Waals surface area contributed by atoms with Crippen molar-refractivity contribution < 1.29 is 4.79 Å². The molecule has 1 rings (SSSR count). The molecule has 15 heavy (non-hydrogen) atoms. The van der Waals surface area contributed by atoms with Gasteiger partial charge in [0.15, 0.2) is 0 Å². The molecule has 0 unspecified atom stereocenters. The first kappa shape index (κ1) is 12.3. The molecule has 80 valence electrons. The Bertz CT molecular complexity index is 370. The number of carbonyl (C=O) groups is 1. The van der Waals surface area contributed by atoms with Crippen molar-refractivity contribution in [2.45, 2.75) is 20.3 Å². The summed E-state index contributed by atoms with van der Waals surface area (Å²) in [6, 6.07) is 9.69. The smallest absolute Gasteiger partial charge is 0.222 e. The minimum Gasteiger partial charge on any atom is -0.281 e. The molecule has 1 aromatic rings. The molecule has 0 radical (unpaired) electrons. The van der Waals surface area contributed by atoms with Gasteiger partial charge in [0, 0.05) is 16.7 Å². The predicted molar refractivity (Wildman–Crippen MR) is 67.4 cm³/mol. The van der Waals surface area contributed by atoms with E-state index in [1.165, 1.54) is 0 Å². The Morgan fingerprint density at radius 2 is 1.87 bits per heavy atom. The van der Waals surface area contributed by atoms with Gasteiger partial charge in [-0.05, 0) is 17.2 Å². The number of hydrogen-bond acceptors (Lipinski definition) is 2. The second-order valence-electron chi connectivity index (χ2n) is 4.11. The van der Waals surface area contributed by atoms with Crippen LogP contribution in [-0.4, -0.2) is 10.1 Å². The van der Waals surface area contributed by atoms with Crippen LogP contribution < -0.4 is 0 Å². The van der Waals surface area contributed by atoms with Crippen molar-refractivity contribution >= 4 is 33.9 Å². The molecule has 1 nitrogen and oxygen atoms in total. The highest BCUT2D eigenvalue weighted by atomic mass is 35.5. The van der Waals surface area contributed by atoms with Crippen LogP contribution in [0, 0.1) is 5.41 Å². The molecule has 0 fully saturated rings. The largest absolute Gasteiger partial charge is 0.281 e. The van der Waals surface area contributed by atoms with E-state index in [9.17, 15) is 4.79 Å². The Balaban J connectivity index is 2.89. The molecule has 0 heterocycles. The van der Waals surface area contributed by atoms with Gasteiger partial charge in [-0.2, -0.15) is 0 Å². The highest BCUT2D eigenvalue weighted by Gasteiger charge is 2.26. The quantitative estimate of drug-likeness (QED) is 0.455. The van der Waals surface area contributed by atoms with Crippen LogP contribution in [0.3, 0.4) is 0 Å². The molecule has 1 aromatic carbocycles. The van der Waals surface area contributed by atoms with E-state index in [1.807, 2.05) is 44.2 Å². The van der Waals surface area contributed by atoms with Gasteiger partial charge in [-0.1, -0.05) is 56.4 Å². The van der Waals surface area contributed by atoms with Crippen LogP contribution >= 0.6 is 23.8 Å². The van der Waals surface area contributed by atoms with Gasteiger partial charge in [0.05, 0.1) is 0 Å². The lowest BCUT2D eigenvalue weighted by Crippen LogP contribution is -2.25. The molecule has 0 atom stereocenters. The van der Waals surface area contributed by atoms with Gasteiger partial charge in [-0.15, -0.1) is 0 Å². The molecule has 0 amide bonds. The molecule has 0 N–H and O–H groups in total. The Labute approximate surface area is 100 Å². The topological polar surface area (TPSA) is 17.1 Å². The molecular weight excluding hydrogens is 228 g/mol. The van der Waals surface area contributed by atoms with E-state index in [4.69, 9.17) is 23.8 Å². The average Bonchev–Trinajstić information content (AvgIpc) is 2.16. The average molecular weight is 241 g/mol. The molecular formula is C12H13ClOS. The van der Waals surface area contributed by atoms with E-state index in [2.05, 4.69) is 0 Å². The van der Waals surface area contributed by atoms with E-state index < -0.39 is 0 Å². The second-order valence-corrected chi connectivity index (χ2v) is 4.94. The zero-order valence-electron chi connectivity index (χ0n) is 8.79. The van der Waals surface area contributed by atoms with Crippen molar-refractivity contribution in [3.8, 4) is 0 Å². The lowest BCUT2D eigenvalue weighted by molar-refractivity contribution is -0.112.